The van der Waals surface area contributed by atoms with Gasteiger partial charge in [-0.3, -0.25) is 0 Å². The van der Waals surface area contributed by atoms with E-state index in [1.807, 2.05) is 12.1 Å². The molecule has 0 saturated heterocycles. The van der Waals surface area contributed by atoms with Crippen LogP contribution in [0, 0.1) is 0 Å². The van der Waals surface area contributed by atoms with Gasteiger partial charge in [0.05, 0.1) is 12.5 Å². The molecule has 5 nitrogen and oxygen atoms in total. The van der Waals surface area contributed by atoms with E-state index in [1.165, 1.54) is 163 Å². The van der Waals surface area contributed by atoms with Crippen molar-refractivity contribution in [2.75, 3.05) is 0 Å². The molecule has 0 bridgehead atoms. The number of hydrogen-bond donors (Lipinski definition) is 0. The Kier molecular flexibility index (Phi) is 37.1. The third kappa shape index (κ3) is 29.5. The van der Waals surface area contributed by atoms with Crippen LogP contribution in [0.1, 0.15) is 206 Å². The molecular weight excluding hydrogens is 847 g/mol. The molecule has 334 valence electrons. The topological polar surface area (TPSA) is 93.4 Å². The fraction of sp³-hybridized carbons (Fsp3) is 0.630. The first-order valence-corrected chi connectivity index (χ1v) is 28.4. The van der Waals surface area contributed by atoms with E-state index >= 15 is 0 Å². The maximum absolute atomic E-state index is 10.1. The zero-order valence-corrected chi connectivity index (χ0v) is 41.5. The number of carboxylic acids is 2. The van der Waals surface area contributed by atoms with Gasteiger partial charge in [-0.1, -0.05) is 165 Å². The first-order chi connectivity index (χ1) is 29.4. The minimum absolute atomic E-state index is 0.149. The monoisotopic (exact) mass is 933 g/mol. The van der Waals surface area contributed by atoms with Crippen LogP contribution in [-0.2, 0) is 22.4 Å². The number of aryl methyl sites for hydroxylation is 2. The predicted octanol–water partition coefficient (Wildman–Crippen LogP) is 14.6. The Bertz CT molecular complexity index is 1510. The normalized spacial score (nSPS) is 11.3. The summed E-state index contributed by atoms with van der Waals surface area (Å²) in [5.74, 6) is -1.82. The minimum Gasteiger partial charge on any atom is -0.473 e. The zero-order chi connectivity index (χ0) is 43.7. The molecule has 4 aromatic rings. The Hall–Kier alpha value is -2.80. The van der Waals surface area contributed by atoms with Gasteiger partial charge in [0.1, 0.15) is 0 Å². The van der Waals surface area contributed by atoms with Gasteiger partial charge in [0, 0.05) is 11.9 Å². The Balaban J connectivity index is 0.000000394. The molecule has 0 saturated carbocycles. The molecular formula is C54H84O5Sn. The maximum atomic E-state index is 10.1. The second-order valence-corrected chi connectivity index (χ2v) is 20.7. The number of carbonyl (C=O) groups excluding carboxylic acids is 2. The van der Waals surface area contributed by atoms with Crippen LogP contribution in [0.4, 0.5) is 0 Å². The molecule has 0 aliphatic heterocycles. The number of rotatable bonds is 26. The van der Waals surface area contributed by atoms with Gasteiger partial charge in [0.2, 0.25) is 0 Å². The van der Waals surface area contributed by atoms with E-state index in [2.05, 4.69) is 80.6 Å². The molecule has 60 heavy (non-hydrogen) atoms. The Morgan fingerprint density at radius 3 is 1.40 bits per heavy atom. The SMILES string of the molecule is CCCCCCCCCCCC(=O)[O-].CCCCCCCCCCCC(=O)[O-].CCC[CH2][Sn+2][CH2]CCC.c1ccc2c(c1)ccc1c3c(ccc12)CCCC3.c1ccoc1. The number of fused-ring (bicyclic) bond motifs is 5. The van der Waals surface area contributed by atoms with E-state index in [0.717, 1.165) is 25.7 Å². The van der Waals surface area contributed by atoms with Crippen LogP contribution in [-0.4, -0.2) is 33.1 Å². The maximum Gasteiger partial charge on any atom is 0.0902 e. The number of hydrogen-bond acceptors (Lipinski definition) is 5. The number of carbonyl (C=O) groups is 2. The largest absolute Gasteiger partial charge is 0.473 e. The summed E-state index contributed by atoms with van der Waals surface area (Å²) in [6.07, 6.45) is 36.6. The van der Waals surface area contributed by atoms with Gasteiger partial charge in [0.15, 0.2) is 0 Å². The van der Waals surface area contributed by atoms with Crippen LogP contribution in [0.15, 0.2) is 77.6 Å². The number of benzene rings is 3. The van der Waals surface area contributed by atoms with E-state index in [-0.39, 0.29) is 34.0 Å². The number of furan rings is 1. The van der Waals surface area contributed by atoms with E-state index < -0.39 is 11.9 Å². The van der Waals surface area contributed by atoms with Gasteiger partial charge in [0.25, 0.3) is 0 Å². The molecule has 0 fully saturated rings. The van der Waals surface area contributed by atoms with Crippen molar-refractivity contribution >= 4 is 54.6 Å². The molecule has 3 aromatic carbocycles. The van der Waals surface area contributed by atoms with Gasteiger partial charge in [-0.2, -0.15) is 0 Å². The first kappa shape index (κ1) is 55.2. The zero-order valence-electron chi connectivity index (χ0n) is 38.7. The molecule has 0 radical (unpaired) electrons. The predicted molar refractivity (Wildman–Crippen MR) is 256 cm³/mol. The van der Waals surface area contributed by atoms with Gasteiger partial charge in [-0.15, -0.1) is 0 Å². The molecule has 1 aliphatic rings. The summed E-state index contributed by atoms with van der Waals surface area (Å²) in [6, 6.07) is 21.6. The van der Waals surface area contributed by atoms with Crippen molar-refractivity contribution in [1.29, 1.82) is 0 Å². The second kappa shape index (κ2) is 40.3. The van der Waals surface area contributed by atoms with Crippen molar-refractivity contribution < 1.29 is 24.2 Å². The summed E-state index contributed by atoms with van der Waals surface area (Å²) in [6.45, 7) is 9.03. The Morgan fingerprint density at radius 2 is 0.933 bits per heavy atom. The summed E-state index contributed by atoms with van der Waals surface area (Å²) in [7, 11) is 0. The Morgan fingerprint density at radius 1 is 0.483 bits per heavy atom. The average Bonchev–Trinajstić information content (AvgIpc) is 3.87. The number of aliphatic carboxylic acids is 2. The average molecular weight is 932 g/mol. The van der Waals surface area contributed by atoms with Crippen molar-refractivity contribution in [3.05, 3.63) is 84.3 Å². The van der Waals surface area contributed by atoms with Crippen LogP contribution in [0.5, 0.6) is 0 Å². The fourth-order valence-corrected chi connectivity index (χ4v) is 11.6. The van der Waals surface area contributed by atoms with Crippen molar-refractivity contribution in [1.82, 2.24) is 0 Å². The van der Waals surface area contributed by atoms with Crippen LogP contribution >= 0.6 is 0 Å². The molecule has 5 rings (SSSR count). The minimum atomic E-state index is -0.909. The molecule has 6 heteroatoms. The summed E-state index contributed by atoms with van der Waals surface area (Å²) in [5, 5.41) is 25.8. The van der Waals surface area contributed by atoms with Crippen LogP contribution in [0.25, 0.3) is 21.5 Å². The van der Waals surface area contributed by atoms with Gasteiger partial charge >= 0.3 is 69.5 Å². The summed E-state index contributed by atoms with van der Waals surface area (Å²) < 4.78 is 7.83. The fourth-order valence-electron chi connectivity index (χ4n) is 7.46. The summed E-state index contributed by atoms with van der Waals surface area (Å²) in [4.78, 5) is 20.2. The summed E-state index contributed by atoms with van der Waals surface area (Å²) in [5.41, 5.74) is 3.17. The smallest absolute Gasteiger partial charge is 0.0902 e. The Labute approximate surface area is 377 Å². The molecule has 1 aromatic heterocycles. The first-order valence-electron chi connectivity index (χ1n) is 24.4. The van der Waals surface area contributed by atoms with Gasteiger partial charge < -0.3 is 24.2 Å². The van der Waals surface area contributed by atoms with Crippen molar-refractivity contribution in [3.8, 4) is 0 Å². The van der Waals surface area contributed by atoms with Gasteiger partial charge in [-0.25, -0.2) is 0 Å². The second-order valence-electron chi connectivity index (χ2n) is 16.4. The number of unbranched alkanes of at least 4 members (excludes halogenated alkanes) is 18. The summed E-state index contributed by atoms with van der Waals surface area (Å²) >= 11 is 0.149. The molecule has 0 atom stereocenters. The van der Waals surface area contributed by atoms with E-state index in [1.54, 1.807) is 32.5 Å². The van der Waals surface area contributed by atoms with Crippen LogP contribution in [0.3, 0.4) is 0 Å². The third-order valence-corrected chi connectivity index (χ3v) is 15.1. The van der Waals surface area contributed by atoms with E-state index in [9.17, 15) is 19.8 Å². The van der Waals surface area contributed by atoms with Crippen molar-refractivity contribution in [2.45, 2.75) is 216 Å². The standard InChI is InChI=1S/C18H16.2C12H24O2.C4H4O.2C4H9.Sn/c1-3-7-15-13(5-1)9-11-18-16-8-4-2-6-14(16)10-12-17(15)18;2*1-2-3-4-5-6-7-8-9-10-11-12(13)14;1-2-4-5-3-1;2*1-3-4-2;/h1,3,5,7,9-12H,2,4,6,8H2;2*2-11H2,1H3,(H,13,14);1-4H;2*1,3-4H2,2H3;/q;;;;;;+2/p-2. The third-order valence-electron chi connectivity index (χ3n) is 11.1. The molecule has 0 unspecified atom stereocenters. The molecule has 0 amide bonds. The van der Waals surface area contributed by atoms with E-state index in [0.29, 0.717) is 0 Å². The molecule has 1 heterocycles. The van der Waals surface area contributed by atoms with Crippen LogP contribution in [0.2, 0.25) is 8.87 Å². The van der Waals surface area contributed by atoms with Crippen molar-refractivity contribution in [3.63, 3.8) is 0 Å². The molecule has 0 spiro atoms. The van der Waals surface area contributed by atoms with E-state index in [4.69, 9.17) is 0 Å². The van der Waals surface area contributed by atoms with Crippen LogP contribution < -0.4 is 10.2 Å². The van der Waals surface area contributed by atoms with Crippen molar-refractivity contribution in [2.24, 2.45) is 0 Å². The molecule has 0 N–H and O–H groups in total. The van der Waals surface area contributed by atoms with Gasteiger partial charge in [-0.05, 0) is 96.2 Å². The molecule has 1 aliphatic carbocycles. The number of carboxylic acid groups (broad SMARTS) is 2. The quantitative estimate of drug-likeness (QED) is 0.0355.